The van der Waals surface area contributed by atoms with E-state index in [0.29, 0.717) is 6.04 Å². The molecule has 2 nitrogen and oxygen atoms in total. The van der Waals surface area contributed by atoms with Gasteiger partial charge in [0.1, 0.15) is 0 Å². The number of hydrogen-bond acceptors (Lipinski definition) is 2. The van der Waals surface area contributed by atoms with Gasteiger partial charge in [-0.05, 0) is 49.6 Å². The Balaban J connectivity index is 2.02. The van der Waals surface area contributed by atoms with Gasteiger partial charge in [-0.3, -0.25) is 4.98 Å². The maximum Gasteiger partial charge on any atom is 0.0404 e. The molecule has 106 valence electrons. The first-order valence-corrected chi connectivity index (χ1v) is 7.49. The molecule has 0 aliphatic carbocycles. The lowest BCUT2D eigenvalue weighted by molar-refractivity contribution is 0.545. The molecule has 0 aliphatic rings. The topological polar surface area (TPSA) is 24.9 Å². The van der Waals surface area contributed by atoms with Gasteiger partial charge in [0.2, 0.25) is 0 Å². The molecule has 1 N–H and O–H groups in total. The molecular formula is C18H24N2. The van der Waals surface area contributed by atoms with E-state index in [-0.39, 0.29) is 0 Å². The minimum atomic E-state index is 0.397. The van der Waals surface area contributed by atoms with Crippen LogP contribution in [0.5, 0.6) is 0 Å². The van der Waals surface area contributed by atoms with Crippen LogP contribution in [0, 0.1) is 0 Å². The molecular weight excluding hydrogens is 244 g/mol. The molecule has 0 saturated heterocycles. The van der Waals surface area contributed by atoms with Crippen LogP contribution >= 0.6 is 0 Å². The largest absolute Gasteiger partial charge is 0.313 e. The van der Waals surface area contributed by atoms with Gasteiger partial charge in [0.25, 0.3) is 0 Å². The summed E-state index contributed by atoms with van der Waals surface area (Å²) >= 11 is 0. The Kier molecular flexibility index (Phi) is 5.75. The van der Waals surface area contributed by atoms with Crippen LogP contribution in [-0.2, 0) is 12.8 Å². The maximum absolute atomic E-state index is 4.40. The maximum atomic E-state index is 4.40. The molecule has 1 aromatic carbocycles. The van der Waals surface area contributed by atoms with Crippen molar-refractivity contribution in [3.05, 3.63) is 65.5 Å². The van der Waals surface area contributed by atoms with Crippen molar-refractivity contribution >= 4 is 0 Å². The van der Waals surface area contributed by atoms with Crippen LogP contribution in [0.2, 0.25) is 0 Å². The SMILES string of the molecule is CCCc1cccc(C(CCc2ccccn2)NC)c1. The van der Waals surface area contributed by atoms with Crippen LogP contribution in [0.1, 0.15) is 42.6 Å². The lowest BCUT2D eigenvalue weighted by atomic mass is 9.98. The summed E-state index contributed by atoms with van der Waals surface area (Å²) in [6.07, 6.45) is 6.30. The molecule has 0 amide bonds. The second kappa shape index (κ2) is 7.81. The highest BCUT2D eigenvalue weighted by Crippen LogP contribution is 2.20. The van der Waals surface area contributed by atoms with Crippen molar-refractivity contribution in [2.24, 2.45) is 0 Å². The Morgan fingerprint density at radius 1 is 1.10 bits per heavy atom. The quantitative estimate of drug-likeness (QED) is 0.823. The molecule has 2 aromatic rings. The van der Waals surface area contributed by atoms with Crippen molar-refractivity contribution in [2.75, 3.05) is 7.05 Å². The number of hydrogen-bond donors (Lipinski definition) is 1. The fourth-order valence-corrected chi connectivity index (χ4v) is 2.57. The summed E-state index contributed by atoms with van der Waals surface area (Å²) < 4.78 is 0. The summed E-state index contributed by atoms with van der Waals surface area (Å²) in [7, 11) is 2.04. The normalized spacial score (nSPS) is 12.3. The zero-order valence-corrected chi connectivity index (χ0v) is 12.5. The highest BCUT2D eigenvalue weighted by molar-refractivity contribution is 5.26. The van der Waals surface area contributed by atoms with Gasteiger partial charge in [-0.1, -0.05) is 43.7 Å². The van der Waals surface area contributed by atoms with E-state index >= 15 is 0 Å². The highest BCUT2D eigenvalue weighted by Gasteiger charge is 2.10. The summed E-state index contributed by atoms with van der Waals surface area (Å²) in [5, 5.41) is 3.43. The Morgan fingerprint density at radius 2 is 2.00 bits per heavy atom. The molecule has 20 heavy (non-hydrogen) atoms. The second-order valence-corrected chi connectivity index (χ2v) is 5.20. The van der Waals surface area contributed by atoms with E-state index in [9.17, 15) is 0 Å². The number of aromatic nitrogens is 1. The molecule has 0 spiro atoms. The Morgan fingerprint density at radius 3 is 2.70 bits per heavy atom. The lowest BCUT2D eigenvalue weighted by Gasteiger charge is -2.17. The lowest BCUT2D eigenvalue weighted by Crippen LogP contribution is -2.17. The van der Waals surface area contributed by atoms with E-state index in [1.165, 1.54) is 17.5 Å². The second-order valence-electron chi connectivity index (χ2n) is 5.20. The number of nitrogens with zero attached hydrogens (tertiary/aromatic N) is 1. The van der Waals surface area contributed by atoms with Gasteiger partial charge in [0.15, 0.2) is 0 Å². The van der Waals surface area contributed by atoms with E-state index in [1.807, 2.05) is 19.3 Å². The summed E-state index contributed by atoms with van der Waals surface area (Å²) in [5.41, 5.74) is 3.98. The molecule has 1 atom stereocenters. The third-order valence-corrected chi connectivity index (χ3v) is 3.66. The van der Waals surface area contributed by atoms with Crippen LogP contribution in [0.4, 0.5) is 0 Å². The van der Waals surface area contributed by atoms with Gasteiger partial charge < -0.3 is 5.32 Å². The fourth-order valence-electron chi connectivity index (χ4n) is 2.57. The number of benzene rings is 1. The third-order valence-electron chi connectivity index (χ3n) is 3.66. The van der Waals surface area contributed by atoms with Crippen LogP contribution in [0.3, 0.4) is 0 Å². The van der Waals surface area contributed by atoms with E-state index in [0.717, 1.165) is 25.0 Å². The van der Waals surface area contributed by atoms with Crippen molar-refractivity contribution in [3.63, 3.8) is 0 Å². The van der Waals surface area contributed by atoms with Crippen LogP contribution < -0.4 is 5.32 Å². The van der Waals surface area contributed by atoms with Crippen LogP contribution in [0.15, 0.2) is 48.7 Å². The predicted octanol–water partition coefficient (Wildman–Crippen LogP) is 3.93. The molecule has 0 radical (unpaired) electrons. The zero-order valence-electron chi connectivity index (χ0n) is 12.5. The molecule has 0 saturated carbocycles. The number of nitrogens with one attached hydrogen (secondary N) is 1. The number of aryl methyl sites for hydroxylation is 2. The van der Waals surface area contributed by atoms with E-state index in [1.54, 1.807) is 0 Å². The number of rotatable bonds is 7. The van der Waals surface area contributed by atoms with Gasteiger partial charge in [0.05, 0.1) is 0 Å². The first kappa shape index (κ1) is 14.7. The van der Waals surface area contributed by atoms with Gasteiger partial charge >= 0.3 is 0 Å². The first-order chi connectivity index (χ1) is 9.83. The standard InChI is InChI=1S/C18H24N2/c1-3-7-15-8-6-9-16(14-15)18(19-2)12-11-17-10-4-5-13-20-17/h4-6,8-10,13-14,18-19H,3,7,11-12H2,1-2H3. The van der Waals surface area contributed by atoms with E-state index in [2.05, 4.69) is 53.6 Å². The van der Waals surface area contributed by atoms with Crippen LogP contribution in [-0.4, -0.2) is 12.0 Å². The molecule has 0 fully saturated rings. The highest BCUT2D eigenvalue weighted by atomic mass is 14.9. The van der Waals surface area contributed by atoms with Gasteiger partial charge in [-0.15, -0.1) is 0 Å². The monoisotopic (exact) mass is 268 g/mol. The third kappa shape index (κ3) is 4.17. The van der Waals surface area contributed by atoms with Crippen molar-refractivity contribution in [1.82, 2.24) is 10.3 Å². The average molecular weight is 268 g/mol. The minimum Gasteiger partial charge on any atom is -0.313 e. The Hall–Kier alpha value is -1.67. The van der Waals surface area contributed by atoms with Crippen molar-refractivity contribution < 1.29 is 0 Å². The van der Waals surface area contributed by atoms with Gasteiger partial charge in [-0.25, -0.2) is 0 Å². The summed E-state index contributed by atoms with van der Waals surface area (Å²) in [5.74, 6) is 0. The smallest absolute Gasteiger partial charge is 0.0404 e. The van der Waals surface area contributed by atoms with Crippen LogP contribution in [0.25, 0.3) is 0 Å². The molecule has 1 unspecified atom stereocenters. The van der Waals surface area contributed by atoms with Crippen molar-refractivity contribution in [3.8, 4) is 0 Å². The Labute approximate surface area is 122 Å². The molecule has 2 rings (SSSR count). The molecule has 2 heteroatoms. The van der Waals surface area contributed by atoms with Gasteiger partial charge in [-0.2, -0.15) is 0 Å². The molecule has 0 bridgehead atoms. The first-order valence-electron chi connectivity index (χ1n) is 7.49. The van der Waals surface area contributed by atoms with Crippen molar-refractivity contribution in [1.29, 1.82) is 0 Å². The van der Waals surface area contributed by atoms with Gasteiger partial charge in [0, 0.05) is 17.9 Å². The average Bonchev–Trinajstić information content (AvgIpc) is 2.50. The fraction of sp³-hybridized carbons (Fsp3) is 0.389. The number of pyridine rings is 1. The predicted molar refractivity (Wildman–Crippen MR) is 84.8 cm³/mol. The molecule has 1 heterocycles. The van der Waals surface area contributed by atoms with Crippen molar-refractivity contribution in [2.45, 2.75) is 38.6 Å². The van der Waals surface area contributed by atoms with E-state index < -0.39 is 0 Å². The molecule has 0 aliphatic heterocycles. The minimum absolute atomic E-state index is 0.397. The summed E-state index contributed by atoms with van der Waals surface area (Å²) in [6, 6.07) is 15.5. The van der Waals surface area contributed by atoms with E-state index in [4.69, 9.17) is 0 Å². The zero-order chi connectivity index (χ0) is 14.2. The summed E-state index contributed by atoms with van der Waals surface area (Å²) in [4.78, 5) is 4.40. The molecule has 1 aromatic heterocycles. The summed E-state index contributed by atoms with van der Waals surface area (Å²) in [6.45, 7) is 2.23. The Bertz CT molecular complexity index is 508.